The van der Waals surface area contributed by atoms with Crippen LogP contribution in [0.1, 0.15) is 32.7 Å². The van der Waals surface area contributed by atoms with E-state index in [-0.39, 0.29) is 34.4 Å². The van der Waals surface area contributed by atoms with Gasteiger partial charge in [0.2, 0.25) is 0 Å². The molecule has 1 aliphatic carbocycles. The van der Waals surface area contributed by atoms with Gasteiger partial charge in [-0.1, -0.05) is 18.2 Å². The van der Waals surface area contributed by atoms with Crippen LogP contribution in [0.3, 0.4) is 0 Å². The average molecular weight is 448 g/mol. The zero-order chi connectivity index (χ0) is 19.7. The Morgan fingerprint density at radius 2 is 2.07 bits per heavy atom. The molecule has 2 aromatic carbocycles. The number of Topliss-reactive ketones (excluding diaryl/α,β-unsaturated/α-hetero) is 1. The Morgan fingerprint density at radius 1 is 1.25 bits per heavy atom. The summed E-state index contributed by atoms with van der Waals surface area (Å²) in [5.74, 6) is -0.0924. The number of morpholine rings is 1. The highest BCUT2D eigenvalue weighted by Gasteiger charge is 2.28. The van der Waals surface area contributed by atoms with Gasteiger partial charge in [-0.05, 0) is 40.5 Å². The quantitative estimate of drug-likeness (QED) is 0.717. The van der Waals surface area contributed by atoms with Crippen molar-refractivity contribution in [1.29, 1.82) is 0 Å². The van der Waals surface area contributed by atoms with E-state index in [1.54, 1.807) is 17.0 Å². The number of fused-ring (bicyclic) bond motifs is 1. The van der Waals surface area contributed by atoms with Crippen LogP contribution in [0, 0.1) is 5.82 Å². The highest BCUT2D eigenvalue weighted by Crippen LogP contribution is 2.30. The van der Waals surface area contributed by atoms with E-state index in [9.17, 15) is 14.0 Å². The number of ether oxygens (including phenoxy) is 2. The molecule has 1 fully saturated rings. The fourth-order valence-electron chi connectivity index (χ4n) is 3.62. The first-order valence-corrected chi connectivity index (χ1v) is 9.96. The minimum Gasteiger partial charge on any atom is -0.491 e. The molecule has 0 radical (unpaired) electrons. The van der Waals surface area contributed by atoms with Gasteiger partial charge in [0.05, 0.1) is 23.2 Å². The monoisotopic (exact) mass is 447 g/mol. The van der Waals surface area contributed by atoms with Gasteiger partial charge in [0, 0.05) is 24.1 Å². The normalized spacial score (nSPS) is 18.9. The first-order chi connectivity index (χ1) is 13.5. The Bertz CT molecular complexity index is 933. The molecular weight excluding hydrogens is 429 g/mol. The fourth-order valence-corrected chi connectivity index (χ4v) is 3.99. The van der Waals surface area contributed by atoms with Crippen molar-refractivity contribution in [2.45, 2.75) is 18.9 Å². The van der Waals surface area contributed by atoms with Crippen LogP contribution in [-0.4, -0.2) is 49.0 Å². The molecule has 0 N–H and O–H groups in total. The Hall–Kier alpha value is -2.25. The number of nitrogens with zero attached hydrogens (tertiary/aromatic N) is 1. The lowest BCUT2D eigenvalue weighted by atomic mass is 10.1. The van der Waals surface area contributed by atoms with Crippen LogP contribution in [0.5, 0.6) is 5.75 Å². The number of hydrogen-bond donors (Lipinski definition) is 0. The van der Waals surface area contributed by atoms with Crippen LogP contribution in [-0.2, 0) is 11.2 Å². The van der Waals surface area contributed by atoms with E-state index in [1.165, 1.54) is 6.07 Å². The molecule has 1 heterocycles. The van der Waals surface area contributed by atoms with Crippen molar-refractivity contribution in [3.05, 3.63) is 63.4 Å². The van der Waals surface area contributed by atoms with Crippen molar-refractivity contribution in [1.82, 2.24) is 4.90 Å². The van der Waals surface area contributed by atoms with Crippen molar-refractivity contribution in [2.24, 2.45) is 0 Å². The summed E-state index contributed by atoms with van der Waals surface area (Å²) in [5, 5.41) is 0. The number of carbonyl (C=O) groups excluding carboxylic acids is 2. The van der Waals surface area contributed by atoms with Crippen molar-refractivity contribution in [2.75, 3.05) is 26.3 Å². The number of ketones is 1. The third-order valence-corrected chi connectivity index (χ3v) is 5.68. The molecule has 0 spiro atoms. The molecule has 1 saturated heterocycles. The van der Waals surface area contributed by atoms with Gasteiger partial charge in [-0.3, -0.25) is 9.59 Å². The SMILES string of the molecule is O=C1CCc2c(OCC3CN(C(=O)c4cccc(Br)c4F)CCO3)cccc21. The maximum absolute atomic E-state index is 14.3. The molecule has 1 unspecified atom stereocenters. The van der Waals surface area contributed by atoms with Gasteiger partial charge in [0.1, 0.15) is 24.3 Å². The summed E-state index contributed by atoms with van der Waals surface area (Å²) in [5.41, 5.74) is 1.70. The molecule has 2 aliphatic rings. The van der Waals surface area contributed by atoms with Gasteiger partial charge in [-0.15, -0.1) is 0 Å². The van der Waals surface area contributed by atoms with E-state index in [0.29, 0.717) is 38.3 Å². The second-order valence-corrected chi connectivity index (χ2v) is 7.72. The molecule has 1 amide bonds. The van der Waals surface area contributed by atoms with E-state index in [4.69, 9.17) is 9.47 Å². The number of hydrogen-bond acceptors (Lipinski definition) is 4. The number of benzene rings is 2. The van der Waals surface area contributed by atoms with Crippen LogP contribution >= 0.6 is 15.9 Å². The fraction of sp³-hybridized carbons (Fsp3) is 0.333. The van der Waals surface area contributed by atoms with Gasteiger partial charge in [-0.2, -0.15) is 0 Å². The summed E-state index contributed by atoms with van der Waals surface area (Å²) < 4.78 is 26.2. The van der Waals surface area contributed by atoms with E-state index >= 15 is 0 Å². The minimum atomic E-state index is -0.559. The lowest BCUT2D eigenvalue weighted by molar-refractivity contribution is -0.0403. The average Bonchev–Trinajstić information content (AvgIpc) is 3.10. The first-order valence-electron chi connectivity index (χ1n) is 9.17. The number of carbonyl (C=O) groups is 2. The highest BCUT2D eigenvalue weighted by atomic mass is 79.9. The summed E-state index contributed by atoms with van der Waals surface area (Å²) in [7, 11) is 0. The van der Waals surface area contributed by atoms with Crippen LogP contribution in [0.15, 0.2) is 40.9 Å². The summed E-state index contributed by atoms with van der Waals surface area (Å²) in [4.78, 5) is 26.2. The Morgan fingerprint density at radius 3 is 2.93 bits per heavy atom. The van der Waals surface area contributed by atoms with E-state index in [1.807, 2.05) is 18.2 Å². The molecule has 0 saturated carbocycles. The van der Waals surface area contributed by atoms with Crippen LogP contribution in [0.4, 0.5) is 4.39 Å². The largest absolute Gasteiger partial charge is 0.491 e. The second-order valence-electron chi connectivity index (χ2n) is 6.86. The van der Waals surface area contributed by atoms with Gasteiger partial charge >= 0.3 is 0 Å². The van der Waals surface area contributed by atoms with Gasteiger partial charge < -0.3 is 14.4 Å². The van der Waals surface area contributed by atoms with Crippen molar-refractivity contribution >= 4 is 27.6 Å². The molecule has 0 bridgehead atoms. The summed E-state index contributed by atoms with van der Waals surface area (Å²) >= 11 is 3.12. The molecule has 0 aromatic heterocycles. The lowest BCUT2D eigenvalue weighted by Crippen LogP contribution is -2.47. The van der Waals surface area contributed by atoms with Crippen LogP contribution in [0.2, 0.25) is 0 Å². The maximum Gasteiger partial charge on any atom is 0.257 e. The molecule has 28 heavy (non-hydrogen) atoms. The zero-order valence-electron chi connectivity index (χ0n) is 15.1. The third-order valence-electron chi connectivity index (χ3n) is 5.07. The smallest absolute Gasteiger partial charge is 0.257 e. The van der Waals surface area contributed by atoms with E-state index < -0.39 is 5.82 Å². The molecule has 1 atom stereocenters. The summed E-state index contributed by atoms with van der Waals surface area (Å²) in [6.07, 6.45) is 0.875. The topological polar surface area (TPSA) is 55.8 Å². The predicted octanol–water partition coefficient (Wildman–Crippen LogP) is 3.64. The second kappa shape index (κ2) is 8.01. The molecule has 4 rings (SSSR count). The minimum absolute atomic E-state index is 0.0373. The Kier molecular flexibility index (Phi) is 5.46. The molecule has 1 aliphatic heterocycles. The van der Waals surface area contributed by atoms with Crippen LogP contribution in [0.25, 0.3) is 0 Å². The lowest BCUT2D eigenvalue weighted by Gasteiger charge is -2.33. The summed E-state index contributed by atoms with van der Waals surface area (Å²) in [6.45, 7) is 1.34. The Labute approximate surface area is 170 Å². The third kappa shape index (κ3) is 3.69. The van der Waals surface area contributed by atoms with Crippen molar-refractivity contribution in [3.63, 3.8) is 0 Å². The van der Waals surface area contributed by atoms with Crippen molar-refractivity contribution in [3.8, 4) is 5.75 Å². The molecule has 146 valence electrons. The van der Waals surface area contributed by atoms with Gasteiger partial charge in [-0.25, -0.2) is 4.39 Å². The van der Waals surface area contributed by atoms with E-state index in [0.717, 1.165) is 11.1 Å². The van der Waals surface area contributed by atoms with Crippen LogP contribution < -0.4 is 4.74 Å². The standard InChI is InChI=1S/C21H19BrFNO4/c22-17-5-1-4-16(20(17)23)21(26)24-9-10-27-13(11-24)12-28-19-6-2-3-14-15(19)7-8-18(14)25/h1-6,13H,7-12H2. The number of rotatable bonds is 4. The number of amides is 1. The molecule has 2 aromatic rings. The number of halogens is 2. The Balaban J connectivity index is 1.42. The van der Waals surface area contributed by atoms with Crippen molar-refractivity contribution < 1.29 is 23.5 Å². The molecule has 7 heteroatoms. The van der Waals surface area contributed by atoms with Gasteiger partial charge in [0.15, 0.2) is 5.78 Å². The van der Waals surface area contributed by atoms with Gasteiger partial charge in [0.25, 0.3) is 5.91 Å². The highest BCUT2D eigenvalue weighted by molar-refractivity contribution is 9.10. The molecular formula is C21H19BrFNO4. The maximum atomic E-state index is 14.3. The zero-order valence-corrected chi connectivity index (χ0v) is 16.7. The molecule has 5 nitrogen and oxygen atoms in total. The summed E-state index contributed by atoms with van der Waals surface area (Å²) in [6, 6.07) is 10.2. The first kappa shape index (κ1) is 19.1. The van der Waals surface area contributed by atoms with E-state index in [2.05, 4.69) is 15.9 Å². The predicted molar refractivity (Wildman–Crippen MR) is 104 cm³/mol.